The summed E-state index contributed by atoms with van der Waals surface area (Å²) in [7, 11) is 2.25. The van der Waals surface area contributed by atoms with Gasteiger partial charge in [-0.2, -0.15) is 0 Å². The van der Waals surface area contributed by atoms with Crippen molar-refractivity contribution in [2.75, 3.05) is 33.2 Å². The highest BCUT2D eigenvalue weighted by atomic mass is 16.6. The Balaban J connectivity index is 1.19. The highest BCUT2D eigenvalue weighted by molar-refractivity contribution is 5.94. The first-order valence-corrected chi connectivity index (χ1v) is 10.6. The van der Waals surface area contributed by atoms with Gasteiger partial charge in [0.25, 0.3) is 0 Å². The second-order valence-electron chi connectivity index (χ2n) is 8.94. The smallest absolute Gasteiger partial charge is 0.339 e. The fourth-order valence-corrected chi connectivity index (χ4v) is 5.53. The van der Waals surface area contributed by atoms with Crippen LogP contribution in [-0.2, 0) is 10.3 Å². The number of ether oxygens (including phenoxy) is 1. The molecule has 27 heavy (non-hydrogen) atoms. The van der Waals surface area contributed by atoms with Crippen LogP contribution in [0.4, 0.5) is 0 Å². The van der Waals surface area contributed by atoms with E-state index in [1.807, 2.05) is 18.2 Å². The molecule has 0 N–H and O–H groups in total. The number of nitrogens with zero attached hydrogens (tertiary/aromatic N) is 2. The monoisotopic (exact) mass is 366 g/mol. The number of esters is 1. The zero-order chi connectivity index (χ0) is 18.5. The van der Waals surface area contributed by atoms with Crippen LogP contribution in [0.15, 0.2) is 36.0 Å². The van der Waals surface area contributed by atoms with E-state index in [1.165, 1.54) is 44.6 Å². The van der Waals surface area contributed by atoms with Crippen LogP contribution in [0.1, 0.15) is 60.9 Å². The summed E-state index contributed by atoms with van der Waals surface area (Å²) in [5, 5.41) is 0. The molecule has 144 valence electrons. The molecule has 0 unspecified atom stereocenters. The quantitative estimate of drug-likeness (QED) is 0.756. The lowest BCUT2D eigenvalue weighted by Gasteiger charge is -2.39. The highest BCUT2D eigenvalue weighted by Crippen LogP contribution is 2.61. The summed E-state index contributed by atoms with van der Waals surface area (Å²) in [4.78, 5) is 17.4. The first-order chi connectivity index (χ1) is 13.1. The number of piperidine rings is 1. The molecule has 4 heteroatoms. The number of hydrogen-bond donors (Lipinski definition) is 0. The summed E-state index contributed by atoms with van der Waals surface area (Å²) >= 11 is 0. The van der Waals surface area contributed by atoms with Crippen molar-refractivity contribution < 1.29 is 9.53 Å². The molecule has 4 nitrogen and oxygen atoms in total. The normalized spacial score (nSPS) is 32.3. The number of likely N-dealkylation sites (tertiary alicyclic amines) is 1. The van der Waals surface area contributed by atoms with Crippen molar-refractivity contribution in [1.29, 1.82) is 0 Å². The molecular formula is C23H30N2O2. The Morgan fingerprint density at radius 3 is 2.59 bits per heavy atom. The van der Waals surface area contributed by atoms with Gasteiger partial charge in [0.1, 0.15) is 5.60 Å². The number of likely N-dealkylation sites (N-methyl/N-ethyl adjacent to an activating group) is 1. The molecule has 2 fully saturated rings. The first kappa shape index (κ1) is 17.3. The molecular weight excluding hydrogens is 336 g/mol. The van der Waals surface area contributed by atoms with Crippen molar-refractivity contribution in [2.45, 2.75) is 50.5 Å². The van der Waals surface area contributed by atoms with Crippen molar-refractivity contribution in [3.05, 3.63) is 47.2 Å². The van der Waals surface area contributed by atoms with Gasteiger partial charge in [0.2, 0.25) is 0 Å². The maximum absolute atomic E-state index is 12.3. The van der Waals surface area contributed by atoms with Gasteiger partial charge in [0.05, 0.1) is 5.56 Å². The maximum Gasteiger partial charge on any atom is 0.339 e. The number of benzene rings is 1. The maximum atomic E-state index is 12.3. The standard InChI is InChI=1S/C23H30N2O2/c1-24(15-16-25-13-5-2-6-14-25)20-17-22(20)9-11-23(12-10-22)19-8-4-3-7-18(19)21(26)27-23/h3-4,7-8,17H,2,5-6,9-16H2,1H3. The molecule has 1 aromatic rings. The van der Waals surface area contributed by atoms with Crippen LogP contribution in [0.25, 0.3) is 0 Å². The molecule has 0 aromatic heterocycles. The summed E-state index contributed by atoms with van der Waals surface area (Å²) in [6.45, 7) is 4.84. The number of allylic oxidation sites excluding steroid dienone is 2. The highest BCUT2D eigenvalue weighted by Gasteiger charge is 2.56. The van der Waals surface area contributed by atoms with E-state index in [0.717, 1.165) is 43.4 Å². The minimum atomic E-state index is -0.368. The second-order valence-corrected chi connectivity index (χ2v) is 8.94. The molecule has 1 saturated heterocycles. The van der Waals surface area contributed by atoms with Crippen molar-refractivity contribution in [1.82, 2.24) is 9.80 Å². The van der Waals surface area contributed by atoms with Crippen molar-refractivity contribution >= 4 is 5.97 Å². The summed E-state index contributed by atoms with van der Waals surface area (Å²) in [6, 6.07) is 7.96. The lowest BCUT2D eigenvalue weighted by Crippen LogP contribution is -2.37. The van der Waals surface area contributed by atoms with Crippen LogP contribution in [0, 0.1) is 5.41 Å². The number of rotatable bonds is 4. The Bertz CT molecular complexity index is 770. The van der Waals surface area contributed by atoms with Crippen LogP contribution in [0.5, 0.6) is 0 Å². The fourth-order valence-electron chi connectivity index (χ4n) is 5.53. The van der Waals surface area contributed by atoms with Crippen LogP contribution in [-0.4, -0.2) is 49.0 Å². The number of carbonyl (C=O) groups is 1. The van der Waals surface area contributed by atoms with Gasteiger partial charge >= 0.3 is 5.97 Å². The molecule has 0 radical (unpaired) electrons. The van der Waals surface area contributed by atoms with Crippen LogP contribution < -0.4 is 0 Å². The molecule has 5 rings (SSSR count). The van der Waals surface area contributed by atoms with Crippen molar-refractivity contribution in [3.8, 4) is 0 Å². The zero-order valence-electron chi connectivity index (χ0n) is 16.4. The third-order valence-corrected chi connectivity index (χ3v) is 7.33. The van der Waals surface area contributed by atoms with E-state index < -0.39 is 0 Å². The summed E-state index contributed by atoms with van der Waals surface area (Å²) < 4.78 is 5.92. The predicted octanol–water partition coefficient (Wildman–Crippen LogP) is 3.93. The van der Waals surface area contributed by atoms with E-state index in [-0.39, 0.29) is 17.0 Å². The number of fused-ring (bicyclic) bond motifs is 2. The van der Waals surface area contributed by atoms with Crippen LogP contribution in [0.3, 0.4) is 0 Å². The lowest BCUT2D eigenvalue weighted by molar-refractivity contribution is -0.0380. The molecule has 0 atom stereocenters. The minimum absolute atomic E-state index is 0.135. The molecule has 1 aromatic carbocycles. The summed E-state index contributed by atoms with van der Waals surface area (Å²) in [5.74, 6) is -0.135. The molecule has 0 bridgehead atoms. The van der Waals surface area contributed by atoms with Gasteiger partial charge in [-0.1, -0.05) is 30.7 Å². The minimum Gasteiger partial charge on any atom is -0.451 e. The van der Waals surface area contributed by atoms with Gasteiger partial charge < -0.3 is 14.5 Å². The molecule has 2 aliphatic carbocycles. The van der Waals surface area contributed by atoms with Crippen LogP contribution >= 0.6 is 0 Å². The molecule has 2 heterocycles. The van der Waals surface area contributed by atoms with E-state index in [0.29, 0.717) is 0 Å². The summed E-state index contributed by atoms with van der Waals surface area (Å²) in [5.41, 5.74) is 3.31. The molecule has 0 amide bonds. The van der Waals surface area contributed by atoms with Gasteiger partial charge in [-0.05, 0) is 57.7 Å². The lowest BCUT2D eigenvalue weighted by atomic mass is 9.72. The molecule has 2 spiro atoms. The van der Waals surface area contributed by atoms with Crippen LogP contribution in [0.2, 0.25) is 0 Å². The Hall–Kier alpha value is -1.81. The molecule has 4 aliphatic rings. The Kier molecular flexibility index (Phi) is 4.08. The third kappa shape index (κ3) is 2.89. The fraction of sp³-hybridized carbons (Fsp3) is 0.609. The van der Waals surface area contributed by atoms with E-state index in [9.17, 15) is 4.79 Å². The van der Waals surface area contributed by atoms with Gasteiger partial charge in [-0.3, -0.25) is 0 Å². The number of carbonyl (C=O) groups excluding carboxylic acids is 1. The van der Waals surface area contributed by atoms with E-state index in [1.54, 1.807) is 0 Å². The third-order valence-electron chi connectivity index (χ3n) is 7.33. The number of hydrogen-bond acceptors (Lipinski definition) is 4. The second kappa shape index (κ2) is 6.37. The molecule has 2 aliphatic heterocycles. The van der Waals surface area contributed by atoms with Gasteiger partial charge in [0.15, 0.2) is 0 Å². The van der Waals surface area contributed by atoms with Gasteiger partial charge in [-0.25, -0.2) is 4.79 Å². The van der Waals surface area contributed by atoms with E-state index >= 15 is 0 Å². The topological polar surface area (TPSA) is 32.8 Å². The Morgan fingerprint density at radius 2 is 1.81 bits per heavy atom. The first-order valence-electron chi connectivity index (χ1n) is 10.6. The van der Waals surface area contributed by atoms with Gasteiger partial charge in [-0.15, -0.1) is 0 Å². The van der Waals surface area contributed by atoms with E-state index in [2.05, 4.69) is 29.0 Å². The average Bonchev–Trinajstić information content (AvgIpc) is 3.35. The van der Waals surface area contributed by atoms with E-state index in [4.69, 9.17) is 4.74 Å². The van der Waals surface area contributed by atoms with Gasteiger partial charge in [0, 0.05) is 36.8 Å². The largest absolute Gasteiger partial charge is 0.451 e. The van der Waals surface area contributed by atoms with Crippen molar-refractivity contribution in [2.24, 2.45) is 5.41 Å². The average molecular weight is 367 g/mol. The Morgan fingerprint density at radius 1 is 1.07 bits per heavy atom. The Labute approximate surface area is 162 Å². The summed E-state index contributed by atoms with van der Waals surface area (Å²) in [6.07, 6.45) is 10.7. The van der Waals surface area contributed by atoms with Crippen molar-refractivity contribution in [3.63, 3.8) is 0 Å². The molecule has 1 saturated carbocycles. The SMILES string of the molecule is CN(CCN1CCCCC1)C1=CC12CCC1(CC2)OC(=O)c2ccccc21. The zero-order valence-corrected chi connectivity index (χ0v) is 16.4. The predicted molar refractivity (Wildman–Crippen MR) is 105 cm³/mol.